The molecule has 0 aromatic carbocycles. The maximum Gasteiger partial charge on any atom is -0.0112 e. The van der Waals surface area contributed by atoms with E-state index in [1.165, 1.54) is 38.5 Å². The van der Waals surface area contributed by atoms with E-state index in [0.29, 0.717) is 10.8 Å². The van der Waals surface area contributed by atoms with E-state index in [0.717, 1.165) is 23.7 Å². The van der Waals surface area contributed by atoms with Crippen LogP contribution in [-0.2, 0) is 0 Å². The lowest BCUT2D eigenvalue weighted by molar-refractivity contribution is -0.0969. The van der Waals surface area contributed by atoms with Gasteiger partial charge in [0, 0.05) is 0 Å². The monoisotopic (exact) mass is 258 g/mol. The van der Waals surface area contributed by atoms with Crippen molar-refractivity contribution in [3.8, 4) is 0 Å². The minimum Gasteiger partial charge on any atom is -0.0877 e. The largest absolute Gasteiger partial charge is 0.0877 e. The first-order chi connectivity index (χ1) is 9.13. The van der Waals surface area contributed by atoms with Crippen molar-refractivity contribution in [1.82, 2.24) is 0 Å². The van der Waals surface area contributed by atoms with Crippen molar-refractivity contribution in [2.24, 2.45) is 34.5 Å². The first-order valence-corrected chi connectivity index (χ1v) is 8.81. The topological polar surface area (TPSA) is 0 Å². The van der Waals surface area contributed by atoms with Crippen LogP contribution in [0.15, 0.2) is 12.2 Å². The molecule has 0 aliphatic heterocycles. The summed E-state index contributed by atoms with van der Waals surface area (Å²) in [6, 6.07) is 0. The maximum atomic E-state index is 2.68. The van der Waals surface area contributed by atoms with Gasteiger partial charge in [0.15, 0.2) is 0 Å². The molecule has 0 heterocycles. The molecule has 0 aromatic heterocycles. The molecule has 3 saturated carbocycles. The van der Waals surface area contributed by atoms with E-state index in [2.05, 4.69) is 26.0 Å². The van der Waals surface area contributed by atoms with Gasteiger partial charge in [-0.05, 0) is 79.4 Å². The Labute approximate surface area is 119 Å². The summed E-state index contributed by atoms with van der Waals surface area (Å²) in [5, 5.41) is 0. The van der Waals surface area contributed by atoms with Gasteiger partial charge in [-0.3, -0.25) is 0 Å². The van der Waals surface area contributed by atoms with Crippen LogP contribution in [0.4, 0.5) is 0 Å². The van der Waals surface area contributed by atoms with Gasteiger partial charge < -0.3 is 0 Å². The molecule has 0 bridgehead atoms. The van der Waals surface area contributed by atoms with Gasteiger partial charge in [0.25, 0.3) is 0 Å². The summed E-state index contributed by atoms with van der Waals surface area (Å²) in [6.45, 7) is 5.23. The number of hydrogen-bond acceptors (Lipinski definition) is 0. The van der Waals surface area contributed by atoms with E-state index in [-0.39, 0.29) is 0 Å². The fraction of sp³-hybridized carbons (Fsp3) is 0.895. The van der Waals surface area contributed by atoms with E-state index >= 15 is 0 Å². The molecule has 0 nitrogen and oxygen atoms in total. The average molecular weight is 258 g/mol. The second kappa shape index (κ2) is 4.12. The lowest BCUT2D eigenvalue weighted by Gasteiger charge is -2.59. The predicted octanol–water partition coefficient (Wildman–Crippen LogP) is 5.59. The minimum atomic E-state index is 0.568. The predicted molar refractivity (Wildman–Crippen MR) is 80.9 cm³/mol. The SMILES string of the molecule is C[C@@]12C=CC[C@H]1[C@@H]1CCC3CCCC[C@]3(C)[C@@H]1CC2. The minimum absolute atomic E-state index is 0.568. The average Bonchev–Trinajstić information content (AvgIpc) is 2.79. The molecule has 19 heavy (non-hydrogen) atoms. The Kier molecular flexibility index (Phi) is 2.71. The third-order valence-corrected chi connectivity index (χ3v) is 7.91. The molecule has 0 heteroatoms. The van der Waals surface area contributed by atoms with E-state index in [9.17, 15) is 0 Å². The van der Waals surface area contributed by atoms with Crippen LogP contribution in [0.25, 0.3) is 0 Å². The Balaban J connectivity index is 1.65. The van der Waals surface area contributed by atoms with Crippen LogP contribution in [0.1, 0.15) is 71.6 Å². The Morgan fingerprint density at radius 2 is 1.79 bits per heavy atom. The van der Waals surface area contributed by atoms with Crippen molar-refractivity contribution in [1.29, 1.82) is 0 Å². The summed E-state index contributed by atoms with van der Waals surface area (Å²) in [6.07, 6.45) is 18.7. The molecule has 106 valence electrons. The molecular formula is C19H30. The summed E-state index contributed by atoms with van der Waals surface area (Å²) in [5.74, 6) is 4.17. The highest BCUT2D eigenvalue weighted by Crippen LogP contribution is 2.64. The number of rotatable bonds is 0. The van der Waals surface area contributed by atoms with Crippen LogP contribution < -0.4 is 0 Å². The van der Waals surface area contributed by atoms with Gasteiger partial charge >= 0.3 is 0 Å². The van der Waals surface area contributed by atoms with Crippen molar-refractivity contribution >= 4 is 0 Å². The van der Waals surface area contributed by atoms with Crippen molar-refractivity contribution < 1.29 is 0 Å². The van der Waals surface area contributed by atoms with Gasteiger partial charge in [0.05, 0.1) is 0 Å². The van der Waals surface area contributed by atoms with Gasteiger partial charge in [-0.2, -0.15) is 0 Å². The first kappa shape index (κ1) is 12.5. The second-order valence-corrected chi connectivity index (χ2v) is 8.59. The van der Waals surface area contributed by atoms with Crippen LogP contribution >= 0.6 is 0 Å². The van der Waals surface area contributed by atoms with Gasteiger partial charge in [-0.15, -0.1) is 0 Å². The van der Waals surface area contributed by atoms with Crippen molar-refractivity contribution in [2.75, 3.05) is 0 Å². The normalized spacial score (nSPS) is 56.3. The van der Waals surface area contributed by atoms with Crippen LogP contribution in [0.5, 0.6) is 0 Å². The van der Waals surface area contributed by atoms with Gasteiger partial charge in [0.1, 0.15) is 0 Å². The number of allylic oxidation sites excluding steroid dienone is 2. The Hall–Kier alpha value is -0.260. The lowest BCUT2D eigenvalue weighted by atomic mass is 9.45. The van der Waals surface area contributed by atoms with Crippen molar-refractivity contribution in [3.05, 3.63) is 12.2 Å². The van der Waals surface area contributed by atoms with Gasteiger partial charge in [-0.1, -0.05) is 38.8 Å². The van der Waals surface area contributed by atoms with Crippen LogP contribution in [0.3, 0.4) is 0 Å². The lowest BCUT2D eigenvalue weighted by Crippen LogP contribution is -2.51. The van der Waals surface area contributed by atoms with Gasteiger partial charge in [-0.25, -0.2) is 0 Å². The van der Waals surface area contributed by atoms with Crippen LogP contribution in [0, 0.1) is 34.5 Å². The second-order valence-electron chi connectivity index (χ2n) is 8.59. The van der Waals surface area contributed by atoms with Crippen LogP contribution in [-0.4, -0.2) is 0 Å². The Bertz CT molecular complexity index is 395. The summed E-state index contributed by atoms with van der Waals surface area (Å²) >= 11 is 0. The quantitative estimate of drug-likeness (QED) is 0.497. The molecule has 0 aromatic rings. The highest BCUT2D eigenvalue weighted by Gasteiger charge is 2.56. The van der Waals surface area contributed by atoms with Crippen molar-refractivity contribution in [2.45, 2.75) is 71.6 Å². The zero-order valence-corrected chi connectivity index (χ0v) is 12.8. The summed E-state index contributed by atoms with van der Waals surface area (Å²) in [4.78, 5) is 0. The maximum absolute atomic E-state index is 2.68. The molecule has 3 fully saturated rings. The standard InChI is InChI=1S/C19H30/c1-18-11-5-7-16(18)15-9-8-14-6-3-4-12-19(14,2)17(15)10-13-18/h5,11,14-17H,3-4,6-10,12-13H2,1-2H3/t14?,15-,16-,17+,18-,19-/m0/s1. The molecule has 0 N–H and O–H groups in total. The highest BCUT2D eigenvalue weighted by atomic mass is 14.6. The molecule has 1 unspecified atom stereocenters. The summed E-state index contributed by atoms with van der Waals surface area (Å²) < 4.78 is 0. The van der Waals surface area contributed by atoms with Gasteiger partial charge in [0.2, 0.25) is 0 Å². The molecule has 4 rings (SSSR count). The third-order valence-electron chi connectivity index (χ3n) is 7.91. The zero-order chi connectivity index (χ0) is 13.1. The Morgan fingerprint density at radius 1 is 0.895 bits per heavy atom. The van der Waals surface area contributed by atoms with Crippen molar-refractivity contribution in [3.63, 3.8) is 0 Å². The summed E-state index contributed by atoms with van der Waals surface area (Å²) in [5.41, 5.74) is 1.28. The Morgan fingerprint density at radius 3 is 2.68 bits per heavy atom. The van der Waals surface area contributed by atoms with E-state index in [1.807, 2.05) is 0 Å². The van der Waals surface area contributed by atoms with Crippen LogP contribution in [0.2, 0.25) is 0 Å². The fourth-order valence-electron chi connectivity index (χ4n) is 6.78. The molecule has 0 radical (unpaired) electrons. The number of fused-ring (bicyclic) bond motifs is 5. The van der Waals surface area contributed by atoms with E-state index in [1.54, 1.807) is 19.3 Å². The summed E-state index contributed by atoms with van der Waals surface area (Å²) in [7, 11) is 0. The highest BCUT2D eigenvalue weighted by molar-refractivity contribution is 5.16. The molecule has 4 aliphatic carbocycles. The molecular weight excluding hydrogens is 228 g/mol. The first-order valence-electron chi connectivity index (χ1n) is 8.81. The smallest absolute Gasteiger partial charge is 0.0112 e. The third kappa shape index (κ3) is 1.64. The molecule has 0 saturated heterocycles. The number of hydrogen-bond donors (Lipinski definition) is 0. The molecule has 0 spiro atoms. The molecule has 6 atom stereocenters. The molecule has 4 aliphatic rings. The fourth-order valence-corrected chi connectivity index (χ4v) is 6.78. The zero-order valence-electron chi connectivity index (χ0n) is 12.8. The molecule has 0 amide bonds. The van der Waals surface area contributed by atoms with E-state index in [4.69, 9.17) is 0 Å². The van der Waals surface area contributed by atoms with E-state index < -0.39 is 0 Å².